The predicted octanol–water partition coefficient (Wildman–Crippen LogP) is 2.46. The molecule has 1 aliphatic heterocycles. The average Bonchev–Trinajstić information content (AvgIpc) is 2.48. The Hall–Kier alpha value is -1.72. The van der Waals surface area contributed by atoms with Gasteiger partial charge in [0.05, 0.1) is 0 Å². The summed E-state index contributed by atoms with van der Waals surface area (Å²) in [5.41, 5.74) is 6.82. The molecule has 1 aromatic heterocycles. The van der Waals surface area contributed by atoms with E-state index in [9.17, 15) is 0 Å². The Morgan fingerprint density at radius 1 is 1.16 bits per heavy atom. The van der Waals surface area contributed by atoms with Crippen molar-refractivity contribution in [3.05, 3.63) is 42.2 Å². The standard InChI is InChI=1S/C14H14N2O2S/c15-8-10-3-4-16-9-14(10)19-11-1-2-12-13(7-11)18-6-5-17-12/h1-4,7,9H,5-6,8,15H2. The lowest BCUT2D eigenvalue weighted by molar-refractivity contribution is 0.171. The monoisotopic (exact) mass is 274 g/mol. The number of aromatic nitrogens is 1. The van der Waals surface area contributed by atoms with Crippen LogP contribution in [0.4, 0.5) is 0 Å². The average molecular weight is 274 g/mol. The molecule has 0 radical (unpaired) electrons. The maximum Gasteiger partial charge on any atom is 0.162 e. The molecule has 0 saturated carbocycles. The van der Waals surface area contributed by atoms with Gasteiger partial charge in [0.1, 0.15) is 13.2 Å². The molecular formula is C14H14N2O2S. The summed E-state index contributed by atoms with van der Waals surface area (Å²) >= 11 is 1.63. The van der Waals surface area contributed by atoms with E-state index in [-0.39, 0.29) is 0 Å². The van der Waals surface area contributed by atoms with E-state index in [0.29, 0.717) is 19.8 Å². The number of hydrogen-bond acceptors (Lipinski definition) is 5. The first kappa shape index (κ1) is 12.3. The van der Waals surface area contributed by atoms with Gasteiger partial charge in [-0.15, -0.1) is 0 Å². The summed E-state index contributed by atoms with van der Waals surface area (Å²) in [5, 5.41) is 0. The summed E-state index contributed by atoms with van der Waals surface area (Å²) in [7, 11) is 0. The quantitative estimate of drug-likeness (QED) is 0.931. The third-order valence-corrected chi connectivity index (χ3v) is 3.91. The van der Waals surface area contributed by atoms with Gasteiger partial charge in [-0.1, -0.05) is 11.8 Å². The van der Waals surface area contributed by atoms with Crippen molar-refractivity contribution >= 4 is 11.8 Å². The smallest absolute Gasteiger partial charge is 0.162 e. The summed E-state index contributed by atoms with van der Waals surface area (Å²) in [5.74, 6) is 1.61. The van der Waals surface area contributed by atoms with Gasteiger partial charge in [-0.2, -0.15) is 0 Å². The molecule has 2 heterocycles. The van der Waals surface area contributed by atoms with Crippen LogP contribution in [-0.2, 0) is 6.54 Å². The Morgan fingerprint density at radius 2 is 2.00 bits per heavy atom. The van der Waals surface area contributed by atoms with E-state index in [4.69, 9.17) is 15.2 Å². The van der Waals surface area contributed by atoms with Crippen LogP contribution in [0.1, 0.15) is 5.56 Å². The number of hydrogen-bond donors (Lipinski definition) is 1. The molecule has 19 heavy (non-hydrogen) atoms. The van der Waals surface area contributed by atoms with Gasteiger partial charge in [0.25, 0.3) is 0 Å². The fourth-order valence-corrected chi connectivity index (χ4v) is 2.84. The van der Waals surface area contributed by atoms with E-state index in [1.165, 1.54) is 0 Å². The highest BCUT2D eigenvalue weighted by atomic mass is 32.2. The van der Waals surface area contributed by atoms with Gasteiger partial charge in [-0.25, -0.2) is 0 Å². The summed E-state index contributed by atoms with van der Waals surface area (Å²) in [4.78, 5) is 6.31. The summed E-state index contributed by atoms with van der Waals surface area (Å²) in [6.45, 7) is 1.72. The van der Waals surface area contributed by atoms with Crippen LogP contribution >= 0.6 is 11.8 Å². The van der Waals surface area contributed by atoms with Gasteiger partial charge in [-0.05, 0) is 29.8 Å². The Balaban J connectivity index is 1.87. The van der Waals surface area contributed by atoms with Gasteiger partial charge in [0.15, 0.2) is 11.5 Å². The molecular weight excluding hydrogens is 260 g/mol. The van der Waals surface area contributed by atoms with Crippen molar-refractivity contribution in [3.8, 4) is 11.5 Å². The van der Waals surface area contributed by atoms with Crippen LogP contribution in [0.3, 0.4) is 0 Å². The Morgan fingerprint density at radius 3 is 2.84 bits per heavy atom. The van der Waals surface area contributed by atoms with Crippen LogP contribution in [0.5, 0.6) is 11.5 Å². The van der Waals surface area contributed by atoms with Crippen molar-refractivity contribution in [2.75, 3.05) is 13.2 Å². The summed E-state index contributed by atoms with van der Waals surface area (Å²) in [6, 6.07) is 7.90. The Labute approximate surface area is 115 Å². The van der Waals surface area contributed by atoms with Crippen molar-refractivity contribution < 1.29 is 9.47 Å². The van der Waals surface area contributed by atoms with Crippen LogP contribution in [0.25, 0.3) is 0 Å². The fourth-order valence-electron chi connectivity index (χ4n) is 1.88. The lowest BCUT2D eigenvalue weighted by Crippen LogP contribution is -2.15. The molecule has 0 bridgehead atoms. The molecule has 98 valence electrons. The number of rotatable bonds is 3. The minimum atomic E-state index is 0.509. The van der Waals surface area contributed by atoms with Gasteiger partial charge in [-0.3, -0.25) is 4.98 Å². The zero-order valence-electron chi connectivity index (χ0n) is 10.3. The predicted molar refractivity (Wildman–Crippen MR) is 73.7 cm³/mol. The second-order valence-electron chi connectivity index (χ2n) is 4.10. The summed E-state index contributed by atoms with van der Waals surface area (Å²) < 4.78 is 11.1. The molecule has 2 N–H and O–H groups in total. The maximum atomic E-state index is 5.73. The van der Waals surface area contributed by atoms with E-state index >= 15 is 0 Å². The van der Waals surface area contributed by atoms with Gasteiger partial charge in [0, 0.05) is 28.7 Å². The van der Waals surface area contributed by atoms with E-state index in [1.807, 2.05) is 30.5 Å². The Bertz CT molecular complexity index is 589. The zero-order valence-corrected chi connectivity index (χ0v) is 11.2. The third kappa shape index (κ3) is 2.67. The molecule has 1 aromatic carbocycles. The first-order valence-corrected chi connectivity index (χ1v) is 6.89. The lowest BCUT2D eigenvalue weighted by atomic mass is 10.3. The second kappa shape index (κ2) is 5.50. The molecule has 0 unspecified atom stereocenters. The molecule has 0 atom stereocenters. The van der Waals surface area contributed by atoms with Crippen LogP contribution in [0.15, 0.2) is 46.5 Å². The highest BCUT2D eigenvalue weighted by Crippen LogP contribution is 2.37. The molecule has 0 saturated heterocycles. The topological polar surface area (TPSA) is 57.4 Å². The van der Waals surface area contributed by atoms with E-state index < -0.39 is 0 Å². The normalized spacial score (nSPS) is 13.3. The van der Waals surface area contributed by atoms with Gasteiger partial charge in [0.2, 0.25) is 0 Å². The molecule has 0 aliphatic carbocycles. The SMILES string of the molecule is NCc1ccncc1Sc1ccc2c(c1)OCCO2. The first-order valence-electron chi connectivity index (χ1n) is 6.07. The second-order valence-corrected chi connectivity index (χ2v) is 5.21. The molecule has 0 amide bonds. The molecule has 4 nitrogen and oxygen atoms in total. The van der Waals surface area contributed by atoms with Crippen molar-refractivity contribution in [1.82, 2.24) is 4.98 Å². The third-order valence-electron chi connectivity index (χ3n) is 2.83. The number of nitrogens with zero attached hydrogens (tertiary/aromatic N) is 1. The van der Waals surface area contributed by atoms with E-state index in [1.54, 1.807) is 18.0 Å². The molecule has 1 aliphatic rings. The molecule has 5 heteroatoms. The largest absolute Gasteiger partial charge is 0.486 e. The van der Waals surface area contributed by atoms with Gasteiger partial charge >= 0.3 is 0 Å². The lowest BCUT2D eigenvalue weighted by Gasteiger charge is -2.18. The molecule has 2 aromatic rings. The highest BCUT2D eigenvalue weighted by molar-refractivity contribution is 7.99. The molecule has 0 spiro atoms. The zero-order chi connectivity index (χ0) is 13.1. The van der Waals surface area contributed by atoms with Crippen molar-refractivity contribution in [1.29, 1.82) is 0 Å². The number of ether oxygens (including phenoxy) is 2. The van der Waals surface area contributed by atoms with Gasteiger partial charge < -0.3 is 15.2 Å². The minimum Gasteiger partial charge on any atom is -0.486 e. The maximum absolute atomic E-state index is 5.73. The fraction of sp³-hybridized carbons (Fsp3) is 0.214. The van der Waals surface area contributed by atoms with Crippen LogP contribution in [0, 0.1) is 0 Å². The minimum absolute atomic E-state index is 0.509. The van der Waals surface area contributed by atoms with Crippen LogP contribution in [-0.4, -0.2) is 18.2 Å². The number of pyridine rings is 1. The van der Waals surface area contributed by atoms with Crippen molar-refractivity contribution in [3.63, 3.8) is 0 Å². The Kier molecular flexibility index (Phi) is 3.57. The molecule has 3 rings (SSSR count). The van der Waals surface area contributed by atoms with Crippen molar-refractivity contribution in [2.24, 2.45) is 5.73 Å². The van der Waals surface area contributed by atoms with Crippen LogP contribution < -0.4 is 15.2 Å². The van der Waals surface area contributed by atoms with Crippen molar-refractivity contribution in [2.45, 2.75) is 16.3 Å². The van der Waals surface area contributed by atoms with Crippen LogP contribution in [0.2, 0.25) is 0 Å². The molecule has 0 fully saturated rings. The number of nitrogens with two attached hydrogens (primary N) is 1. The number of benzene rings is 1. The van der Waals surface area contributed by atoms with E-state index in [0.717, 1.165) is 26.9 Å². The number of fused-ring (bicyclic) bond motifs is 1. The highest BCUT2D eigenvalue weighted by Gasteiger charge is 2.12. The van der Waals surface area contributed by atoms with E-state index in [2.05, 4.69) is 4.98 Å². The summed E-state index contributed by atoms with van der Waals surface area (Å²) in [6.07, 6.45) is 3.60. The first-order chi connectivity index (χ1) is 9.36.